The average Bonchev–Trinajstić information content (AvgIpc) is 2.74. The summed E-state index contributed by atoms with van der Waals surface area (Å²) in [6.45, 7) is 4.35. The van der Waals surface area contributed by atoms with E-state index < -0.39 is 0 Å². The predicted molar refractivity (Wildman–Crippen MR) is 78.9 cm³/mol. The van der Waals surface area contributed by atoms with Gasteiger partial charge in [-0.25, -0.2) is 0 Å². The summed E-state index contributed by atoms with van der Waals surface area (Å²) in [4.78, 5) is 14.6. The predicted octanol–water partition coefficient (Wildman–Crippen LogP) is 2.81. The highest BCUT2D eigenvalue weighted by Gasteiger charge is 2.23. The molecule has 1 N–H and O–H groups in total. The maximum absolute atomic E-state index is 12.7. The summed E-state index contributed by atoms with van der Waals surface area (Å²) in [7, 11) is 0. The molecule has 2 aromatic rings. The molecule has 4 heteroatoms. The fraction of sp³-hybridized carbons (Fsp3) is 0.267. The monoisotopic (exact) mass is 272 g/mol. The molecule has 0 bridgehead atoms. The van der Waals surface area contributed by atoms with Crippen molar-refractivity contribution in [2.24, 2.45) is 0 Å². The van der Waals surface area contributed by atoms with Crippen molar-refractivity contribution in [2.45, 2.75) is 13.5 Å². The number of hydrogen-bond acceptors (Lipinski definition) is 3. The summed E-state index contributed by atoms with van der Waals surface area (Å²) in [5, 5.41) is 7.32. The van der Waals surface area contributed by atoms with Crippen LogP contribution in [0.2, 0.25) is 0 Å². The molecule has 0 spiro atoms. The summed E-state index contributed by atoms with van der Waals surface area (Å²) in [5.41, 5.74) is 4.09. The molecule has 1 aromatic heterocycles. The molecule has 0 saturated carbocycles. The highest BCUT2D eigenvalue weighted by Crippen LogP contribution is 2.25. The summed E-state index contributed by atoms with van der Waals surface area (Å²) in [6, 6.07) is 8.12. The van der Waals surface area contributed by atoms with Crippen LogP contribution in [0.15, 0.2) is 35.0 Å². The maximum atomic E-state index is 12.7. The number of amides is 1. The minimum absolute atomic E-state index is 0.106. The molecule has 0 fully saturated rings. The minimum atomic E-state index is 0.106. The molecule has 0 saturated heterocycles. The number of carbonyl (C=O) groups excluding carboxylic acids is 1. The van der Waals surface area contributed by atoms with Gasteiger partial charge in [-0.15, -0.1) is 0 Å². The summed E-state index contributed by atoms with van der Waals surface area (Å²) in [5.74, 6) is 0.106. The number of para-hydroxylation sites is 1. The van der Waals surface area contributed by atoms with E-state index in [0.717, 1.165) is 29.9 Å². The number of rotatable bonds is 1. The third kappa shape index (κ3) is 2.29. The van der Waals surface area contributed by atoms with E-state index in [0.29, 0.717) is 6.54 Å². The molecule has 3 nitrogen and oxygen atoms in total. The van der Waals surface area contributed by atoms with Gasteiger partial charge in [0.15, 0.2) is 0 Å². The molecule has 1 amide bonds. The molecule has 1 aliphatic rings. The molecule has 98 valence electrons. The van der Waals surface area contributed by atoms with Gasteiger partial charge in [-0.1, -0.05) is 18.2 Å². The summed E-state index contributed by atoms with van der Waals surface area (Å²) >= 11 is 1.58. The van der Waals surface area contributed by atoms with Crippen molar-refractivity contribution in [2.75, 3.05) is 18.0 Å². The van der Waals surface area contributed by atoms with Crippen LogP contribution in [0.4, 0.5) is 5.69 Å². The number of carbonyl (C=O) groups is 1. The summed E-state index contributed by atoms with van der Waals surface area (Å²) in [6.07, 6.45) is 0. The zero-order valence-electron chi connectivity index (χ0n) is 10.8. The van der Waals surface area contributed by atoms with Crippen LogP contribution in [-0.4, -0.2) is 19.0 Å². The molecule has 2 heterocycles. The number of anilines is 1. The van der Waals surface area contributed by atoms with Crippen molar-refractivity contribution in [1.82, 2.24) is 5.32 Å². The number of hydrogen-bond donors (Lipinski definition) is 1. The Hall–Kier alpha value is -1.65. The van der Waals surface area contributed by atoms with Gasteiger partial charge < -0.3 is 10.2 Å². The van der Waals surface area contributed by atoms with Gasteiger partial charge in [0.2, 0.25) is 0 Å². The Morgan fingerprint density at radius 2 is 2.16 bits per heavy atom. The lowest BCUT2D eigenvalue weighted by atomic mass is 10.1. The first-order valence-electron chi connectivity index (χ1n) is 6.40. The van der Waals surface area contributed by atoms with Gasteiger partial charge in [0.1, 0.15) is 0 Å². The molecule has 3 rings (SSSR count). The molecule has 0 radical (unpaired) electrons. The fourth-order valence-corrected chi connectivity index (χ4v) is 3.22. The first kappa shape index (κ1) is 12.4. The number of nitrogens with zero attached hydrogens (tertiary/aromatic N) is 1. The van der Waals surface area contributed by atoms with Crippen LogP contribution in [0.3, 0.4) is 0 Å². The third-order valence-corrected chi connectivity index (χ3v) is 4.30. The quantitative estimate of drug-likeness (QED) is 0.866. The Bertz CT molecular complexity index is 606. The van der Waals surface area contributed by atoms with Crippen molar-refractivity contribution in [3.8, 4) is 0 Å². The van der Waals surface area contributed by atoms with Crippen LogP contribution in [0, 0.1) is 6.92 Å². The highest BCUT2D eigenvalue weighted by molar-refractivity contribution is 7.08. The van der Waals surface area contributed by atoms with Gasteiger partial charge in [0, 0.05) is 30.7 Å². The Balaban J connectivity index is 2.01. The van der Waals surface area contributed by atoms with Crippen molar-refractivity contribution in [1.29, 1.82) is 0 Å². The molecule has 0 unspecified atom stereocenters. The smallest absolute Gasteiger partial charge is 0.259 e. The van der Waals surface area contributed by atoms with E-state index in [1.807, 2.05) is 40.8 Å². The maximum Gasteiger partial charge on any atom is 0.259 e. The molecule has 19 heavy (non-hydrogen) atoms. The van der Waals surface area contributed by atoms with Crippen LogP contribution in [0.1, 0.15) is 21.5 Å². The van der Waals surface area contributed by atoms with E-state index in [4.69, 9.17) is 0 Å². The Morgan fingerprint density at radius 3 is 2.95 bits per heavy atom. The topological polar surface area (TPSA) is 32.3 Å². The second-order valence-corrected chi connectivity index (χ2v) is 5.47. The number of aryl methyl sites for hydroxylation is 1. The second kappa shape index (κ2) is 5.15. The van der Waals surface area contributed by atoms with Crippen molar-refractivity contribution >= 4 is 22.9 Å². The largest absolute Gasteiger partial charge is 0.311 e. The summed E-state index contributed by atoms with van der Waals surface area (Å²) < 4.78 is 0. The number of nitrogens with one attached hydrogen (secondary N) is 1. The normalized spacial score (nSPS) is 14.9. The van der Waals surface area contributed by atoms with E-state index in [-0.39, 0.29) is 5.91 Å². The lowest BCUT2D eigenvalue weighted by Crippen LogP contribution is -2.34. The Labute approximate surface area is 116 Å². The van der Waals surface area contributed by atoms with Crippen molar-refractivity contribution < 1.29 is 4.79 Å². The Morgan fingerprint density at radius 1 is 1.32 bits per heavy atom. The zero-order valence-corrected chi connectivity index (χ0v) is 11.7. The van der Waals surface area contributed by atoms with E-state index >= 15 is 0 Å². The molecular weight excluding hydrogens is 256 g/mol. The van der Waals surface area contributed by atoms with Crippen LogP contribution in [0.25, 0.3) is 0 Å². The van der Waals surface area contributed by atoms with Gasteiger partial charge in [-0.05, 0) is 29.5 Å². The SMILES string of the molecule is Cc1cscc1C(=O)N1CCNCc2ccccc21. The van der Waals surface area contributed by atoms with Crippen molar-refractivity contribution in [3.63, 3.8) is 0 Å². The van der Waals surface area contributed by atoms with Gasteiger partial charge >= 0.3 is 0 Å². The van der Waals surface area contributed by atoms with E-state index in [2.05, 4.69) is 11.4 Å². The highest BCUT2D eigenvalue weighted by atomic mass is 32.1. The van der Waals surface area contributed by atoms with Crippen LogP contribution < -0.4 is 10.2 Å². The first-order chi connectivity index (χ1) is 9.27. The van der Waals surface area contributed by atoms with Gasteiger partial charge in [0.25, 0.3) is 5.91 Å². The number of fused-ring (bicyclic) bond motifs is 1. The minimum Gasteiger partial charge on any atom is -0.311 e. The molecular formula is C15H16N2OS. The Kier molecular flexibility index (Phi) is 3.36. The molecule has 0 atom stereocenters. The standard InChI is InChI=1S/C15H16N2OS/c1-11-9-19-10-13(11)15(18)17-7-6-16-8-12-4-2-3-5-14(12)17/h2-5,9-10,16H,6-8H2,1H3. The van der Waals surface area contributed by atoms with Gasteiger partial charge in [0.05, 0.1) is 5.56 Å². The van der Waals surface area contributed by atoms with Crippen LogP contribution in [0.5, 0.6) is 0 Å². The average molecular weight is 272 g/mol. The van der Waals surface area contributed by atoms with Gasteiger partial charge in [-0.2, -0.15) is 11.3 Å². The van der Waals surface area contributed by atoms with Gasteiger partial charge in [-0.3, -0.25) is 4.79 Å². The molecule has 1 aliphatic heterocycles. The zero-order chi connectivity index (χ0) is 13.2. The third-order valence-electron chi connectivity index (χ3n) is 3.44. The lowest BCUT2D eigenvalue weighted by molar-refractivity contribution is 0.0987. The fourth-order valence-electron chi connectivity index (χ4n) is 2.39. The van der Waals surface area contributed by atoms with Crippen LogP contribution in [-0.2, 0) is 6.54 Å². The first-order valence-corrected chi connectivity index (χ1v) is 7.35. The van der Waals surface area contributed by atoms with Crippen molar-refractivity contribution in [3.05, 3.63) is 51.7 Å². The van der Waals surface area contributed by atoms with E-state index in [1.165, 1.54) is 5.56 Å². The van der Waals surface area contributed by atoms with Crippen LogP contribution >= 0.6 is 11.3 Å². The second-order valence-electron chi connectivity index (χ2n) is 4.73. The number of benzene rings is 1. The molecule has 0 aliphatic carbocycles. The lowest BCUT2D eigenvalue weighted by Gasteiger charge is -2.22. The van der Waals surface area contributed by atoms with E-state index in [9.17, 15) is 4.79 Å². The number of thiophene rings is 1. The van der Waals surface area contributed by atoms with E-state index in [1.54, 1.807) is 11.3 Å². The molecule has 1 aromatic carbocycles.